The third-order valence-electron chi connectivity index (χ3n) is 3.87. The minimum absolute atomic E-state index is 0. The molecule has 0 aliphatic carbocycles. The van der Waals surface area contributed by atoms with Crippen LogP contribution in [0.1, 0.15) is 26.7 Å². The van der Waals surface area contributed by atoms with Crippen LogP contribution in [0, 0.1) is 0 Å². The lowest BCUT2D eigenvalue weighted by atomic mass is 10.2. The van der Waals surface area contributed by atoms with E-state index in [2.05, 4.69) is 22.0 Å². The summed E-state index contributed by atoms with van der Waals surface area (Å²) in [5, 5.41) is 3.58. The Hall–Kier alpha value is -0.970. The number of benzene rings is 1. The van der Waals surface area contributed by atoms with Crippen molar-refractivity contribution >= 4 is 28.9 Å². The van der Waals surface area contributed by atoms with Crippen molar-refractivity contribution in [1.82, 2.24) is 4.90 Å². The maximum Gasteiger partial charge on any atom is 0.224 e. The minimum atomic E-state index is 0. The monoisotopic (exact) mass is 344 g/mol. The summed E-state index contributed by atoms with van der Waals surface area (Å²) in [5.41, 5.74) is 1.83. The molecule has 1 saturated heterocycles. The highest BCUT2D eigenvalue weighted by Gasteiger charge is 2.18. The molecule has 1 amide bonds. The molecule has 0 spiro atoms. The van der Waals surface area contributed by atoms with Gasteiger partial charge in [0, 0.05) is 38.3 Å². The summed E-state index contributed by atoms with van der Waals surface area (Å²) in [5.74, 6) is 0.0397. The fraction of sp³-hybridized carbons (Fsp3) is 0.562. The average molecular weight is 345 g/mol. The molecule has 1 aromatic rings. The average Bonchev–Trinajstić information content (AvgIpc) is 2.48. The molecule has 22 heavy (non-hydrogen) atoms. The van der Waals surface area contributed by atoms with Crippen molar-refractivity contribution in [3.63, 3.8) is 0 Å². The van der Waals surface area contributed by atoms with Gasteiger partial charge in [0.05, 0.1) is 10.7 Å². The van der Waals surface area contributed by atoms with Crippen LogP contribution in [0.25, 0.3) is 0 Å². The first-order chi connectivity index (χ1) is 10.1. The Kier molecular flexibility index (Phi) is 8.01. The number of nitrogens with zero attached hydrogens (tertiary/aromatic N) is 2. The van der Waals surface area contributed by atoms with Crippen LogP contribution in [-0.2, 0) is 4.79 Å². The van der Waals surface area contributed by atoms with E-state index < -0.39 is 0 Å². The van der Waals surface area contributed by atoms with E-state index in [4.69, 9.17) is 11.6 Å². The quantitative estimate of drug-likeness (QED) is 0.830. The summed E-state index contributed by atoms with van der Waals surface area (Å²) < 4.78 is 0. The smallest absolute Gasteiger partial charge is 0.224 e. The third-order valence-corrected chi connectivity index (χ3v) is 4.17. The summed E-state index contributed by atoms with van der Waals surface area (Å²) in [4.78, 5) is 16.4. The molecule has 0 saturated carbocycles. The van der Waals surface area contributed by atoms with Gasteiger partial charge >= 0.3 is 0 Å². The van der Waals surface area contributed by atoms with E-state index in [1.165, 1.54) is 0 Å². The van der Waals surface area contributed by atoms with Gasteiger partial charge in [-0.2, -0.15) is 0 Å². The molecule has 1 aromatic carbocycles. The van der Waals surface area contributed by atoms with Crippen LogP contribution in [0.5, 0.6) is 0 Å². The second-order valence-electron chi connectivity index (χ2n) is 5.39. The van der Waals surface area contributed by atoms with Crippen LogP contribution < -0.4 is 22.6 Å². The molecule has 6 heteroatoms. The summed E-state index contributed by atoms with van der Waals surface area (Å²) in [6.07, 6.45) is 1.39. The fourth-order valence-corrected chi connectivity index (χ4v) is 2.90. The van der Waals surface area contributed by atoms with Gasteiger partial charge in [-0.25, -0.2) is 0 Å². The Morgan fingerprint density at radius 3 is 2.45 bits per heavy atom. The number of halogens is 2. The molecular weight excluding hydrogens is 321 g/mol. The van der Waals surface area contributed by atoms with E-state index in [0.29, 0.717) is 11.4 Å². The Balaban J connectivity index is 0.00000242. The van der Waals surface area contributed by atoms with E-state index >= 15 is 0 Å². The standard InChI is InChI=1S/C16H24ClN3O.ClH/c1-3-5-16(21)18-13-6-7-15(14(17)12-13)20-10-8-19(4-2)9-11-20;/h6-7,12H,3-5,8-11H2,1-2H3,(H,18,21);1H/p-1. The van der Waals surface area contributed by atoms with Gasteiger partial charge in [-0.1, -0.05) is 25.4 Å². The molecule has 0 bridgehead atoms. The zero-order valence-electron chi connectivity index (χ0n) is 13.2. The minimum Gasteiger partial charge on any atom is -1.00 e. The van der Waals surface area contributed by atoms with Crippen molar-refractivity contribution in [3.05, 3.63) is 23.2 Å². The van der Waals surface area contributed by atoms with E-state index in [0.717, 1.165) is 50.5 Å². The molecule has 124 valence electrons. The maximum atomic E-state index is 11.6. The van der Waals surface area contributed by atoms with Crippen molar-refractivity contribution in [2.75, 3.05) is 42.9 Å². The van der Waals surface area contributed by atoms with Crippen LogP contribution in [0.3, 0.4) is 0 Å². The zero-order chi connectivity index (χ0) is 15.2. The van der Waals surface area contributed by atoms with Crippen LogP contribution in [0.15, 0.2) is 18.2 Å². The first kappa shape index (κ1) is 19.1. The number of nitrogens with one attached hydrogen (secondary N) is 1. The number of carbonyl (C=O) groups is 1. The maximum absolute atomic E-state index is 11.6. The fourth-order valence-electron chi connectivity index (χ4n) is 2.60. The van der Waals surface area contributed by atoms with Gasteiger partial charge in [-0.05, 0) is 31.2 Å². The summed E-state index contributed by atoms with van der Waals surface area (Å²) in [6.45, 7) is 9.42. The first-order valence-electron chi connectivity index (χ1n) is 7.70. The lowest BCUT2D eigenvalue weighted by molar-refractivity contribution is -0.116. The number of amides is 1. The van der Waals surface area contributed by atoms with E-state index in [9.17, 15) is 4.79 Å². The van der Waals surface area contributed by atoms with Gasteiger partial charge in [-0.15, -0.1) is 0 Å². The molecule has 1 N–H and O–H groups in total. The number of carbonyl (C=O) groups excluding carboxylic acids is 1. The predicted molar refractivity (Wildman–Crippen MR) is 89.3 cm³/mol. The topological polar surface area (TPSA) is 35.6 Å². The van der Waals surface area contributed by atoms with Crippen LogP contribution >= 0.6 is 11.6 Å². The summed E-state index contributed by atoms with van der Waals surface area (Å²) in [6, 6.07) is 5.78. The summed E-state index contributed by atoms with van der Waals surface area (Å²) in [7, 11) is 0. The molecule has 1 aliphatic heterocycles. The van der Waals surface area contributed by atoms with Gasteiger partial charge in [0.1, 0.15) is 0 Å². The zero-order valence-corrected chi connectivity index (χ0v) is 14.8. The van der Waals surface area contributed by atoms with Gasteiger partial charge < -0.3 is 27.5 Å². The lowest BCUT2D eigenvalue weighted by Crippen LogP contribution is -3.00. The first-order valence-corrected chi connectivity index (χ1v) is 8.08. The van der Waals surface area contributed by atoms with Crippen molar-refractivity contribution in [3.8, 4) is 0 Å². The normalized spacial score (nSPS) is 15.3. The largest absolute Gasteiger partial charge is 1.00 e. The predicted octanol–water partition coefficient (Wildman–Crippen LogP) is 0.225. The number of piperazine rings is 1. The Morgan fingerprint density at radius 2 is 1.91 bits per heavy atom. The van der Waals surface area contributed by atoms with Crippen LogP contribution in [0.4, 0.5) is 11.4 Å². The van der Waals surface area contributed by atoms with Gasteiger partial charge in [0.25, 0.3) is 0 Å². The number of anilines is 2. The van der Waals surface area contributed by atoms with Crippen molar-refractivity contribution < 1.29 is 17.2 Å². The molecule has 0 radical (unpaired) electrons. The van der Waals surface area contributed by atoms with Crippen molar-refractivity contribution in [1.29, 1.82) is 0 Å². The van der Waals surface area contributed by atoms with Gasteiger partial charge in [0.2, 0.25) is 5.91 Å². The van der Waals surface area contributed by atoms with Crippen molar-refractivity contribution in [2.24, 2.45) is 0 Å². The lowest BCUT2D eigenvalue weighted by Gasteiger charge is -2.36. The Bertz CT molecular complexity index is 488. The van der Waals surface area contributed by atoms with Crippen LogP contribution in [-0.4, -0.2) is 43.5 Å². The van der Waals surface area contributed by atoms with Crippen molar-refractivity contribution in [2.45, 2.75) is 26.7 Å². The van der Waals surface area contributed by atoms with Crippen LogP contribution in [0.2, 0.25) is 5.02 Å². The highest BCUT2D eigenvalue weighted by Crippen LogP contribution is 2.29. The molecule has 1 aliphatic rings. The van der Waals surface area contributed by atoms with Gasteiger partial charge in [-0.3, -0.25) is 4.79 Å². The molecule has 1 heterocycles. The van der Waals surface area contributed by atoms with E-state index in [-0.39, 0.29) is 18.3 Å². The molecule has 4 nitrogen and oxygen atoms in total. The molecule has 2 rings (SSSR count). The number of hydrogen-bond acceptors (Lipinski definition) is 3. The molecule has 0 unspecified atom stereocenters. The van der Waals surface area contributed by atoms with E-state index in [1.807, 2.05) is 25.1 Å². The second kappa shape index (κ2) is 9.23. The number of rotatable bonds is 5. The Labute approximate surface area is 144 Å². The third kappa shape index (κ3) is 5.04. The molecule has 0 aromatic heterocycles. The molecular formula is C16H24Cl2N3O-. The SMILES string of the molecule is CCCC(=O)Nc1ccc(N2CCN(CC)CC2)c(Cl)c1.[Cl-]. The van der Waals surface area contributed by atoms with Gasteiger partial charge in [0.15, 0.2) is 0 Å². The highest BCUT2D eigenvalue weighted by molar-refractivity contribution is 6.33. The highest BCUT2D eigenvalue weighted by atomic mass is 35.5. The second-order valence-corrected chi connectivity index (χ2v) is 5.79. The number of hydrogen-bond donors (Lipinski definition) is 1. The Morgan fingerprint density at radius 1 is 1.23 bits per heavy atom. The summed E-state index contributed by atoms with van der Waals surface area (Å²) >= 11 is 6.39. The molecule has 1 fully saturated rings. The van der Waals surface area contributed by atoms with E-state index in [1.54, 1.807) is 0 Å². The molecule has 0 atom stereocenters. The number of likely N-dealkylation sites (N-methyl/N-ethyl adjacent to an activating group) is 1.